The van der Waals surface area contributed by atoms with E-state index in [-0.39, 0.29) is 0 Å². The fraction of sp³-hybridized carbons (Fsp3) is 0.538. The summed E-state index contributed by atoms with van der Waals surface area (Å²) in [6.45, 7) is 1.62. The number of anilines is 1. The zero-order valence-electron chi connectivity index (χ0n) is 11.5. The minimum Gasteiger partial charge on any atom is -0.468 e. The van der Waals surface area contributed by atoms with Gasteiger partial charge in [-0.05, 0) is 28.8 Å². The first-order valence-electron chi connectivity index (χ1n) is 6.87. The number of hydrogen-bond acceptors (Lipinski definition) is 6. The number of thiazole rings is 1. The quantitative estimate of drug-likeness (QED) is 0.830. The largest absolute Gasteiger partial charge is 0.468 e. The summed E-state index contributed by atoms with van der Waals surface area (Å²) >= 11 is 5.04. The highest BCUT2D eigenvalue weighted by Crippen LogP contribution is 2.36. The average molecular weight is 371 g/mol. The molecule has 0 amide bonds. The van der Waals surface area contributed by atoms with E-state index >= 15 is 0 Å². The summed E-state index contributed by atoms with van der Waals surface area (Å²) in [5, 5.41) is 3.11. The predicted octanol–water partition coefficient (Wildman–Crippen LogP) is 2.47. The molecule has 2 saturated heterocycles. The summed E-state index contributed by atoms with van der Waals surface area (Å²) in [7, 11) is 1.61. The van der Waals surface area contributed by atoms with Gasteiger partial charge in [0.1, 0.15) is 4.60 Å². The van der Waals surface area contributed by atoms with Crippen molar-refractivity contribution in [3.63, 3.8) is 0 Å². The summed E-state index contributed by atoms with van der Waals surface area (Å²) < 4.78 is 13.5. The maximum Gasteiger partial charge on any atom is 0.303 e. The van der Waals surface area contributed by atoms with E-state index in [4.69, 9.17) is 14.5 Å². The zero-order chi connectivity index (χ0) is 14.4. The molecule has 4 heterocycles. The number of fused-ring (bicyclic) bond motifs is 2. The Morgan fingerprint density at radius 2 is 2.10 bits per heavy atom. The van der Waals surface area contributed by atoms with Crippen LogP contribution in [0.2, 0.25) is 0 Å². The summed E-state index contributed by atoms with van der Waals surface area (Å²) in [5.41, 5.74) is 0. The highest BCUT2D eigenvalue weighted by Gasteiger charge is 2.38. The van der Waals surface area contributed by atoms with Gasteiger partial charge in [0, 0.05) is 11.6 Å². The number of aromatic nitrogens is 3. The third-order valence-corrected chi connectivity index (χ3v) is 5.24. The Hall–Kier alpha value is -1.12. The molecule has 0 unspecified atom stereocenters. The molecule has 2 aromatic heterocycles. The van der Waals surface area contributed by atoms with E-state index in [1.165, 1.54) is 12.8 Å². The molecular weight excluding hydrogens is 356 g/mol. The molecule has 6 nitrogen and oxygen atoms in total. The van der Waals surface area contributed by atoms with Crippen LogP contribution in [0.25, 0.3) is 5.82 Å². The van der Waals surface area contributed by atoms with Crippen LogP contribution in [-0.2, 0) is 4.74 Å². The molecule has 8 heteroatoms. The van der Waals surface area contributed by atoms with E-state index in [2.05, 4.69) is 25.8 Å². The highest BCUT2D eigenvalue weighted by atomic mass is 79.9. The van der Waals surface area contributed by atoms with Gasteiger partial charge in [-0.2, -0.15) is 4.98 Å². The number of halogens is 1. The van der Waals surface area contributed by atoms with Gasteiger partial charge in [-0.25, -0.2) is 4.98 Å². The number of imidazole rings is 1. The number of rotatable bonds is 3. The molecule has 0 aliphatic carbocycles. The van der Waals surface area contributed by atoms with Crippen molar-refractivity contribution in [1.82, 2.24) is 14.5 Å². The van der Waals surface area contributed by atoms with Gasteiger partial charge in [-0.1, -0.05) is 0 Å². The van der Waals surface area contributed by atoms with E-state index in [0.717, 1.165) is 28.8 Å². The van der Waals surface area contributed by atoms with Crippen LogP contribution < -0.4 is 9.64 Å². The Balaban J connectivity index is 1.67. The fourth-order valence-electron chi connectivity index (χ4n) is 3.07. The van der Waals surface area contributed by atoms with Gasteiger partial charge in [0.2, 0.25) is 0 Å². The molecular formula is C13H15BrN4O2S. The molecule has 0 N–H and O–H groups in total. The molecule has 0 saturated carbocycles. The smallest absolute Gasteiger partial charge is 0.303 e. The molecule has 2 aromatic rings. The standard InChI is InChI=1S/C13H15BrN4O2S/c1-19-12-15-10(14)4-17(12)11-7-21-13(16-11)18-8-2-3-9(18)6-20-5-8/h4,7-9H,2-3,5-6H2,1H3/t8-,9+. The van der Waals surface area contributed by atoms with E-state index in [0.29, 0.717) is 18.1 Å². The van der Waals surface area contributed by atoms with Gasteiger partial charge in [0.25, 0.3) is 0 Å². The van der Waals surface area contributed by atoms with E-state index < -0.39 is 0 Å². The van der Waals surface area contributed by atoms with Crippen molar-refractivity contribution in [2.75, 3.05) is 25.2 Å². The third kappa shape index (κ3) is 2.25. The second kappa shape index (κ2) is 5.26. The monoisotopic (exact) mass is 370 g/mol. The van der Waals surface area contributed by atoms with Crippen molar-refractivity contribution in [3.05, 3.63) is 16.2 Å². The second-order valence-corrected chi connectivity index (χ2v) is 6.89. The summed E-state index contributed by atoms with van der Waals surface area (Å²) in [5.74, 6) is 0.843. The average Bonchev–Trinajstić information content (AvgIpc) is 3.15. The Bertz CT molecular complexity index is 642. The summed E-state index contributed by atoms with van der Waals surface area (Å²) in [4.78, 5) is 11.5. The molecule has 2 aliphatic heterocycles. The van der Waals surface area contributed by atoms with Gasteiger partial charge < -0.3 is 14.4 Å². The summed E-state index contributed by atoms with van der Waals surface area (Å²) in [6, 6.07) is 1.47. The van der Waals surface area contributed by atoms with Gasteiger partial charge in [0.05, 0.1) is 32.4 Å². The molecule has 2 atom stereocenters. The van der Waals surface area contributed by atoms with Crippen molar-refractivity contribution in [1.29, 1.82) is 0 Å². The maximum absolute atomic E-state index is 5.63. The molecule has 2 bridgehead atoms. The van der Waals surface area contributed by atoms with Gasteiger partial charge in [-0.15, -0.1) is 11.3 Å². The molecule has 4 rings (SSSR count). The lowest BCUT2D eigenvalue weighted by Crippen LogP contribution is -2.45. The number of hydrogen-bond donors (Lipinski definition) is 0. The number of methoxy groups -OCH3 is 1. The SMILES string of the molecule is COc1nc(Br)cn1-c1csc(N2[C@@H]3CC[C@H]2COC3)n1. The highest BCUT2D eigenvalue weighted by molar-refractivity contribution is 9.10. The van der Waals surface area contributed by atoms with E-state index in [9.17, 15) is 0 Å². The van der Waals surface area contributed by atoms with Gasteiger partial charge in [0.15, 0.2) is 10.9 Å². The van der Waals surface area contributed by atoms with Crippen LogP contribution in [0.4, 0.5) is 5.13 Å². The first kappa shape index (κ1) is 13.5. The van der Waals surface area contributed by atoms with E-state index in [1.807, 2.05) is 16.1 Å². The van der Waals surface area contributed by atoms with Crippen LogP contribution in [0, 0.1) is 0 Å². The normalized spacial score (nSPS) is 24.6. The van der Waals surface area contributed by atoms with Crippen molar-refractivity contribution in [2.45, 2.75) is 24.9 Å². The maximum atomic E-state index is 5.63. The number of ether oxygens (including phenoxy) is 2. The Labute approximate surface area is 134 Å². The minimum atomic E-state index is 0.471. The predicted molar refractivity (Wildman–Crippen MR) is 83.6 cm³/mol. The molecule has 0 spiro atoms. The molecule has 112 valence electrons. The second-order valence-electron chi connectivity index (χ2n) is 5.24. The lowest BCUT2D eigenvalue weighted by molar-refractivity contribution is 0.0906. The first-order chi connectivity index (χ1) is 10.3. The fourth-order valence-corrected chi connectivity index (χ4v) is 4.37. The van der Waals surface area contributed by atoms with Crippen molar-refractivity contribution < 1.29 is 9.47 Å². The zero-order valence-corrected chi connectivity index (χ0v) is 13.9. The topological polar surface area (TPSA) is 52.4 Å². The van der Waals surface area contributed by atoms with Gasteiger partial charge >= 0.3 is 6.01 Å². The van der Waals surface area contributed by atoms with Crippen molar-refractivity contribution in [3.8, 4) is 11.8 Å². The molecule has 0 aromatic carbocycles. The molecule has 21 heavy (non-hydrogen) atoms. The van der Waals surface area contributed by atoms with Crippen LogP contribution in [0.3, 0.4) is 0 Å². The molecule has 2 aliphatic rings. The minimum absolute atomic E-state index is 0.471. The van der Waals surface area contributed by atoms with Crippen molar-refractivity contribution >= 4 is 32.4 Å². The number of morpholine rings is 1. The van der Waals surface area contributed by atoms with Crippen LogP contribution in [-0.4, -0.2) is 46.9 Å². The van der Waals surface area contributed by atoms with Crippen LogP contribution >= 0.6 is 27.3 Å². The lowest BCUT2D eigenvalue weighted by atomic mass is 10.2. The van der Waals surface area contributed by atoms with Crippen molar-refractivity contribution in [2.24, 2.45) is 0 Å². The van der Waals surface area contributed by atoms with Gasteiger partial charge in [-0.3, -0.25) is 4.57 Å². The third-order valence-electron chi connectivity index (χ3n) is 4.01. The first-order valence-corrected chi connectivity index (χ1v) is 8.54. The molecule has 2 fully saturated rings. The van der Waals surface area contributed by atoms with Crippen LogP contribution in [0.15, 0.2) is 16.2 Å². The Kier molecular flexibility index (Phi) is 3.39. The van der Waals surface area contributed by atoms with Crippen LogP contribution in [0.1, 0.15) is 12.8 Å². The van der Waals surface area contributed by atoms with Crippen LogP contribution in [0.5, 0.6) is 6.01 Å². The summed E-state index contributed by atoms with van der Waals surface area (Å²) in [6.07, 6.45) is 4.25. The lowest BCUT2D eigenvalue weighted by Gasteiger charge is -2.34. The number of nitrogens with zero attached hydrogens (tertiary/aromatic N) is 4. The Morgan fingerprint density at radius 1 is 1.33 bits per heavy atom. The molecule has 0 radical (unpaired) electrons. The van der Waals surface area contributed by atoms with E-state index in [1.54, 1.807) is 18.4 Å². The Morgan fingerprint density at radius 3 is 2.81 bits per heavy atom.